The Bertz CT molecular complexity index is 900. The molecule has 1 aliphatic carbocycles. The standard InChI is InChI=1S/C19H23N3O4S.ClH/c20-10-11-21-27(24,25)18-3-1-2-16(12-18)22-19(23)15-6-8-17(9-7-15)26-13-14-4-5-14;/h1-3,6-9,12,14,21H,4-5,10-11,13,20H2,(H,22,23);1H. The van der Waals surface area contributed by atoms with E-state index >= 15 is 0 Å². The number of amides is 1. The second-order valence-electron chi connectivity index (χ2n) is 6.45. The van der Waals surface area contributed by atoms with Gasteiger partial charge in [0.05, 0.1) is 11.5 Å². The number of halogens is 1. The topological polar surface area (TPSA) is 111 Å². The molecule has 2 aromatic carbocycles. The smallest absolute Gasteiger partial charge is 0.255 e. The highest BCUT2D eigenvalue weighted by atomic mass is 35.5. The molecule has 4 N–H and O–H groups in total. The van der Waals surface area contributed by atoms with Crippen LogP contribution in [0.25, 0.3) is 0 Å². The summed E-state index contributed by atoms with van der Waals surface area (Å²) in [5.41, 5.74) is 6.18. The molecular weight excluding hydrogens is 402 g/mol. The molecule has 7 nitrogen and oxygen atoms in total. The number of nitrogens with two attached hydrogens (primary N) is 1. The van der Waals surface area contributed by atoms with Crippen molar-refractivity contribution in [2.45, 2.75) is 17.7 Å². The molecule has 1 aliphatic rings. The van der Waals surface area contributed by atoms with Crippen LogP contribution < -0.4 is 20.5 Å². The van der Waals surface area contributed by atoms with Gasteiger partial charge in [0.25, 0.3) is 5.91 Å². The van der Waals surface area contributed by atoms with E-state index < -0.39 is 10.0 Å². The molecule has 0 spiro atoms. The maximum absolute atomic E-state index is 12.4. The van der Waals surface area contributed by atoms with Gasteiger partial charge in [-0.15, -0.1) is 12.4 Å². The third-order valence-electron chi connectivity index (χ3n) is 4.14. The van der Waals surface area contributed by atoms with Crippen LogP contribution in [-0.4, -0.2) is 34.0 Å². The van der Waals surface area contributed by atoms with Crippen LogP contribution in [0.2, 0.25) is 0 Å². The number of rotatable bonds is 9. The van der Waals surface area contributed by atoms with Crippen molar-refractivity contribution in [3.05, 3.63) is 54.1 Å². The van der Waals surface area contributed by atoms with Gasteiger partial charge in [0.1, 0.15) is 5.75 Å². The largest absolute Gasteiger partial charge is 0.493 e. The Hall–Kier alpha value is -2.13. The number of anilines is 1. The highest BCUT2D eigenvalue weighted by molar-refractivity contribution is 7.89. The van der Waals surface area contributed by atoms with Gasteiger partial charge in [-0.1, -0.05) is 6.07 Å². The van der Waals surface area contributed by atoms with Crippen molar-refractivity contribution in [2.24, 2.45) is 11.7 Å². The first kappa shape index (κ1) is 22.2. The molecule has 0 unspecified atom stereocenters. The number of sulfonamides is 1. The summed E-state index contributed by atoms with van der Waals surface area (Å²) in [4.78, 5) is 12.5. The summed E-state index contributed by atoms with van der Waals surface area (Å²) in [6.07, 6.45) is 2.44. The first-order valence-corrected chi connectivity index (χ1v) is 10.3. The van der Waals surface area contributed by atoms with E-state index in [1.807, 2.05) is 0 Å². The number of ether oxygens (including phenoxy) is 1. The zero-order valence-electron chi connectivity index (χ0n) is 15.3. The molecule has 0 radical (unpaired) electrons. The molecule has 1 saturated carbocycles. The summed E-state index contributed by atoms with van der Waals surface area (Å²) >= 11 is 0. The molecule has 152 valence electrons. The average Bonchev–Trinajstić information content (AvgIpc) is 3.50. The van der Waals surface area contributed by atoms with Crippen LogP contribution >= 0.6 is 12.4 Å². The van der Waals surface area contributed by atoms with Crippen LogP contribution in [0.5, 0.6) is 5.75 Å². The summed E-state index contributed by atoms with van der Waals surface area (Å²) in [5.74, 6) is 1.07. The van der Waals surface area contributed by atoms with Gasteiger partial charge in [-0.2, -0.15) is 0 Å². The second kappa shape index (κ2) is 9.88. The van der Waals surface area contributed by atoms with Gasteiger partial charge in [-0.3, -0.25) is 4.79 Å². The summed E-state index contributed by atoms with van der Waals surface area (Å²) in [6.45, 7) is 1.06. The van der Waals surface area contributed by atoms with E-state index in [4.69, 9.17) is 10.5 Å². The zero-order valence-corrected chi connectivity index (χ0v) is 16.9. The maximum Gasteiger partial charge on any atom is 0.255 e. The van der Waals surface area contributed by atoms with Gasteiger partial charge in [-0.25, -0.2) is 13.1 Å². The van der Waals surface area contributed by atoms with Crippen LogP contribution in [0, 0.1) is 5.92 Å². The Kier molecular flexibility index (Phi) is 7.82. The lowest BCUT2D eigenvalue weighted by Gasteiger charge is -2.10. The van der Waals surface area contributed by atoms with E-state index in [9.17, 15) is 13.2 Å². The van der Waals surface area contributed by atoms with Crippen molar-refractivity contribution >= 4 is 34.0 Å². The van der Waals surface area contributed by atoms with Gasteiger partial charge in [0.2, 0.25) is 10.0 Å². The van der Waals surface area contributed by atoms with E-state index in [-0.39, 0.29) is 36.3 Å². The zero-order chi connectivity index (χ0) is 19.3. The Balaban J connectivity index is 0.00000280. The van der Waals surface area contributed by atoms with Crippen LogP contribution in [0.3, 0.4) is 0 Å². The Labute approximate surface area is 171 Å². The molecule has 0 bridgehead atoms. The third-order valence-corrected chi connectivity index (χ3v) is 5.60. The molecule has 1 fully saturated rings. The normalized spacial score (nSPS) is 13.5. The minimum atomic E-state index is -3.66. The van der Waals surface area contributed by atoms with Crippen LogP contribution in [-0.2, 0) is 10.0 Å². The maximum atomic E-state index is 12.4. The number of nitrogens with one attached hydrogen (secondary N) is 2. The van der Waals surface area contributed by atoms with E-state index in [1.165, 1.54) is 25.0 Å². The lowest BCUT2D eigenvalue weighted by Crippen LogP contribution is -2.29. The van der Waals surface area contributed by atoms with Crippen molar-refractivity contribution < 1.29 is 17.9 Å². The van der Waals surface area contributed by atoms with Crippen molar-refractivity contribution in [1.29, 1.82) is 0 Å². The van der Waals surface area contributed by atoms with E-state index in [1.54, 1.807) is 36.4 Å². The molecule has 0 aliphatic heterocycles. The quantitative estimate of drug-likeness (QED) is 0.571. The third kappa shape index (κ3) is 6.20. The fraction of sp³-hybridized carbons (Fsp3) is 0.316. The summed E-state index contributed by atoms with van der Waals surface area (Å²) < 4.78 is 32.4. The number of carbonyl (C=O) groups is 1. The van der Waals surface area contributed by atoms with E-state index in [0.29, 0.717) is 23.8 Å². The van der Waals surface area contributed by atoms with Gasteiger partial charge < -0.3 is 15.8 Å². The van der Waals surface area contributed by atoms with Crippen LogP contribution in [0.15, 0.2) is 53.4 Å². The van der Waals surface area contributed by atoms with Crippen molar-refractivity contribution in [1.82, 2.24) is 4.72 Å². The molecule has 1 amide bonds. The first-order valence-electron chi connectivity index (χ1n) is 8.82. The predicted octanol–water partition coefficient (Wildman–Crippen LogP) is 2.39. The van der Waals surface area contributed by atoms with E-state index in [2.05, 4.69) is 10.0 Å². The molecule has 3 rings (SSSR count). The van der Waals surface area contributed by atoms with Crippen LogP contribution in [0.1, 0.15) is 23.2 Å². The van der Waals surface area contributed by atoms with Gasteiger partial charge in [-0.05, 0) is 61.2 Å². The first-order chi connectivity index (χ1) is 13.0. The average molecular weight is 426 g/mol. The molecule has 0 atom stereocenters. The van der Waals surface area contributed by atoms with Gasteiger partial charge >= 0.3 is 0 Å². The summed E-state index contributed by atoms with van der Waals surface area (Å²) in [7, 11) is -3.66. The number of benzene rings is 2. The SMILES string of the molecule is Cl.NCCNS(=O)(=O)c1cccc(NC(=O)c2ccc(OCC3CC3)cc2)c1. The predicted molar refractivity (Wildman–Crippen MR) is 111 cm³/mol. The Morgan fingerprint density at radius 3 is 2.50 bits per heavy atom. The minimum Gasteiger partial charge on any atom is -0.493 e. The monoisotopic (exact) mass is 425 g/mol. The highest BCUT2D eigenvalue weighted by Crippen LogP contribution is 2.29. The van der Waals surface area contributed by atoms with Crippen molar-refractivity contribution in [2.75, 3.05) is 25.0 Å². The molecule has 0 aromatic heterocycles. The molecule has 0 saturated heterocycles. The number of carbonyl (C=O) groups excluding carboxylic acids is 1. The molecule has 0 heterocycles. The number of hydrogen-bond donors (Lipinski definition) is 3. The molecule has 28 heavy (non-hydrogen) atoms. The number of hydrogen-bond acceptors (Lipinski definition) is 5. The molecular formula is C19H24ClN3O4S. The molecule has 2 aromatic rings. The fourth-order valence-corrected chi connectivity index (χ4v) is 3.52. The summed E-state index contributed by atoms with van der Waals surface area (Å²) in [5, 5.41) is 2.71. The Morgan fingerprint density at radius 2 is 1.86 bits per heavy atom. The van der Waals surface area contributed by atoms with Crippen molar-refractivity contribution in [3.63, 3.8) is 0 Å². The summed E-state index contributed by atoms with van der Waals surface area (Å²) in [6, 6.07) is 12.9. The minimum absolute atomic E-state index is 0. The second-order valence-corrected chi connectivity index (χ2v) is 8.21. The van der Waals surface area contributed by atoms with E-state index in [0.717, 1.165) is 5.75 Å². The fourth-order valence-electron chi connectivity index (χ4n) is 2.42. The van der Waals surface area contributed by atoms with Crippen LogP contribution in [0.4, 0.5) is 5.69 Å². The molecule has 9 heteroatoms. The lowest BCUT2D eigenvalue weighted by atomic mass is 10.2. The van der Waals surface area contributed by atoms with Gasteiger partial charge in [0, 0.05) is 24.3 Å². The van der Waals surface area contributed by atoms with Crippen molar-refractivity contribution in [3.8, 4) is 5.75 Å². The highest BCUT2D eigenvalue weighted by Gasteiger charge is 2.22. The Morgan fingerprint density at radius 1 is 1.14 bits per heavy atom. The lowest BCUT2D eigenvalue weighted by molar-refractivity contribution is 0.102. The van der Waals surface area contributed by atoms with Gasteiger partial charge in [0.15, 0.2) is 0 Å².